The minimum absolute atomic E-state index is 0.0976. The number of aliphatic hydroxyl groups is 2. The third-order valence-electron chi connectivity index (χ3n) is 8.59. The van der Waals surface area contributed by atoms with Crippen molar-refractivity contribution in [3.05, 3.63) is 119 Å². The number of nitrogens with zero attached hydrogens (tertiary/aromatic N) is 5. The van der Waals surface area contributed by atoms with Gasteiger partial charge in [0.15, 0.2) is 0 Å². The van der Waals surface area contributed by atoms with Crippen molar-refractivity contribution in [2.75, 3.05) is 13.2 Å². The van der Waals surface area contributed by atoms with Crippen molar-refractivity contribution in [1.82, 2.24) is 34.1 Å². The van der Waals surface area contributed by atoms with E-state index in [0.29, 0.717) is 30.6 Å². The number of hydrogen-bond acceptors (Lipinski definition) is 10. The summed E-state index contributed by atoms with van der Waals surface area (Å²) < 4.78 is 15.8. The van der Waals surface area contributed by atoms with Crippen molar-refractivity contribution in [1.29, 1.82) is 0 Å². The first-order chi connectivity index (χ1) is 24.1. The summed E-state index contributed by atoms with van der Waals surface area (Å²) in [6.07, 6.45) is 15.4. The van der Waals surface area contributed by atoms with Crippen molar-refractivity contribution in [3.63, 3.8) is 0 Å². The second kappa shape index (κ2) is 16.3. The lowest BCUT2D eigenvalue weighted by Crippen LogP contribution is -2.33. The largest absolute Gasteiger partial charge is 0.394 e. The highest BCUT2D eigenvalue weighted by atomic mass is 16.5. The van der Waals surface area contributed by atoms with Crippen LogP contribution in [0.15, 0.2) is 74.2 Å². The summed E-state index contributed by atoms with van der Waals surface area (Å²) in [7, 11) is 0. The smallest absolute Gasteiger partial charge is 0.330 e. The molecule has 0 saturated carbocycles. The standard InChI is InChI=1S/C21H23N5O4.C14H16N2O4/c1-14-9-19(30-18(14)13-27)26-11-16(20(28)22-21(26)29)7-8-17-12-25(24-23-17)10-15-5-3-2-4-6-15;1-3-4-5-10-7-16(14(19)15-13(10)18)12-6-9(2)11(8-17)20-12/h2-8,11-12,14,18-19,27H,9-10,13H2,1H3,(H,22,28,29);1,4-5,7,9,11-12,17H,6,8H2,2H3,(H,15,18,19)/b8-7+;5-4+/t14-,18-,19-;9-,11-,12-/m11/s1. The number of allylic oxidation sites excluding steroid dienone is 1. The normalized spacial score (nSPS) is 23.3. The average molecular weight is 686 g/mol. The molecule has 0 amide bonds. The Labute approximate surface area is 286 Å². The molecule has 15 heteroatoms. The van der Waals surface area contributed by atoms with Crippen LogP contribution in [0.3, 0.4) is 0 Å². The van der Waals surface area contributed by atoms with Crippen LogP contribution < -0.4 is 22.5 Å². The van der Waals surface area contributed by atoms with Gasteiger partial charge in [-0.1, -0.05) is 55.3 Å². The molecule has 15 nitrogen and oxygen atoms in total. The Hall–Kier alpha value is -5.40. The first-order valence-corrected chi connectivity index (χ1v) is 16.1. The molecule has 0 unspecified atom stereocenters. The topological polar surface area (TPSA) is 199 Å². The van der Waals surface area contributed by atoms with E-state index < -0.39 is 35.0 Å². The van der Waals surface area contributed by atoms with E-state index in [4.69, 9.17) is 15.9 Å². The maximum Gasteiger partial charge on any atom is 0.330 e. The number of aromatic amines is 2. The van der Waals surface area contributed by atoms with Crippen LogP contribution in [0.5, 0.6) is 0 Å². The van der Waals surface area contributed by atoms with Gasteiger partial charge in [-0.15, -0.1) is 11.5 Å². The second-order valence-electron chi connectivity index (χ2n) is 12.2. The number of aliphatic hydroxyl groups excluding tert-OH is 2. The van der Waals surface area contributed by atoms with Gasteiger partial charge in [0.05, 0.1) is 49.3 Å². The lowest BCUT2D eigenvalue weighted by atomic mass is 10.0. The number of ether oxygens (including phenoxy) is 2. The van der Waals surface area contributed by atoms with Crippen LogP contribution in [0, 0.1) is 24.2 Å². The Bertz CT molecular complexity index is 2100. The molecule has 50 heavy (non-hydrogen) atoms. The Morgan fingerprint density at radius 3 is 1.88 bits per heavy atom. The highest BCUT2D eigenvalue weighted by Gasteiger charge is 2.34. The van der Waals surface area contributed by atoms with Crippen LogP contribution in [-0.4, -0.2) is 69.7 Å². The number of nitrogens with one attached hydrogen (secondary N) is 2. The maximum atomic E-state index is 12.2. The zero-order valence-corrected chi connectivity index (χ0v) is 27.6. The molecule has 2 aliphatic rings. The van der Waals surface area contributed by atoms with Gasteiger partial charge >= 0.3 is 11.4 Å². The van der Waals surface area contributed by atoms with Gasteiger partial charge in [-0.2, -0.15) is 0 Å². The van der Waals surface area contributed by atoms with Crippen LogP contribution >= 0.6 is 0 Å². The molecule has 0 bridgehead atoms. The zero-order valence-electron chi connectivity index (χ0n) is 27.6. The molecule has 2 saturated heterocycles. The molecular formula is C35H39N7O8. The van der Waals surface area contributed by atoms with Crippen molar-refractivity contribution in [2.24, 2.45) is 11.8 Å². The first-order valence-electron chi connectivity index (χ1n) is 16.1. The zero-order chi connectivity index (χ0) is 35.8. The van der Waals surface area contributed by atoms with Gasteiger partial charge in [0.25, 0.3) is 11.1 Å². The van der Waals surface area contributed by atoms with E-state index >= 15 is 0 Å². The van der Waals surface area contributed by atoms with Gasteiger partial charge in [-0.25, -0.2) is 14.3 Å². The molecule has 6 rings (SSSR count). The summed E-state index contributed by atoms with van der Waals surface area (Å²) in [5.74, 6) is 2.53. The third kappa shape index (κ3) is 8.60. The van der Waals surface area contributed by atoms with E-state index in [0.717, 1.165) is 5.56 Å². The fourth-order valence-electron chi connectivity index (χ4n) is 5.74. The summed E-state index contributed by atoms with van der Waals surface area (Å²) in [5, 5.41) is 26.8. The molecule has 0 aliphatic carbocycles. The number of aromatic nitrogens is 7. The second-order valence-corrected chi connectivity index (χ2v) is 12.2. The Kier molecular flexibility index (Phi) is 11.7. The van der Waals surface area contributed by atoms with Gasteiger partial charge in [-0.05, 0) is 54.5 Å². The van der Waals surface area contributed by atoms with Crippen LogP contribution in [0.25, 0.3) is 18.2 Å². The summed E-state index contributed by atoms with van der Waals surface area (Å²) in [6.45, 7) is 4.28. The lowest BCUT2D eigenvalue weighted by Gasteiger charge is -2.15. The first kappa shape index (κ1) is 35.9. The van der Waals surface area contributed by atoms with Gasteiger partial charge in [-0.3, -0.25) is 28.7 Å². The van der Waals surface area contributed by atoms with Gasteiger partial charge in [0.2, 0.25) is 0 Å². The van der Waals surface area contributed by atoms with Crippen LogP contribution in [0.4, 0.5) is 0 Å². The monoisotopic (exact) mass is 685 g/mol. The summed E-state index contributed by atoms with van der Waals surface area (Å²) in [4.78, 5) is 52.5. The predicted molar refractivity (Wildman–Crippen MR) is 185 cm³/mol. The third-order valence-corrected chi connectivity index (χ3v) is 8.59. The minimum Gasteiger partial charge on any atom is -0.394 e. The van der Waals surface area contributed by atoms with E-state index in [1.807, 2.05) is 44.2 Å². The average Bonchev–Trinajstić information content (AvgIpc) is 3.82. The molecule has 0 radical (unpaired) electrons. The number of H-pyrrole nitrogens is 2. The van der Waals surface area contributed by atoms with Gasteiger partial charge in [0, 0.05) is 12.4 Å². The van der Waals surface area contributed by atoms with Crippen molar-refractivity contribution in [3.8, 4) is 12.3 Å². The Morgan fingerprint density at radius 2 is 1.38 bits per heavy atom. The van der Waals surface area contributed by atoms with E-state index in [2.05, 4.69) is 26.2 Å². The Balaban J connectivity index is 0.000000211. The number of rotatable bonds is 9. The molecule has 262 valence electrons. The quantitative estimate of drug-likeness (QED) is 0.187. The number of hydrogen-bond donors (Lipinski definition) is 4. The van der Waals surface area contributed by atoms with E-state index in [1.54, 1.807) is 23.0 Å². The maximum absolute atomic E-state index is 12.2. The minimum atomic E-state index is -0.540. The fourth-order valence-corrected chi connectivity index (χ4v) is 5.74. The van der Waals surface area contributed by atoms with Crippen LogP contribution in [-0.2, 0) is 16.0 Å². The van der Waals surface area contributed by atoms with Crippen LogP contribution in [0.2, 0.25) is 0 Å². The Morgan fingerprint density at radius 1 is 0.840 bits per heavy atom. The highest BCUT2D eigenvalue weighted by Crippen LogP contribution is 2.32. The summed E-state index contributed by atoms with van der Waals surface area (Å²) >= 11 is 0. The van der Waals surface area contributed by atoms with Gasteiger partial charge in [0.1, 0.15) is 18.1 Å². The summed E-state index contributed by atoms with van der Waals surface area (Å²) in [6, 6.07) is 9.90. The van der Waals surface area contributed by atoms with E-state index in [9.17, 15) is 29.4 Å². The van der Waals surface area contributed by atoms with Crippen molar-refractivity contribution < 1.29 is 19.7 Å². The van der Waals surface area contributed by atoms with Crippen molar-refractivity contribution in [2.45, 2.75) is 57.9 Å². The van der Waals surface area contributed by atoms with Crippen LogP contribution in [0.1, 0.15) is 61.5 Å². The number of terminal acetylenes is 1. The summed E-state index contributed by atoms with van der Waals surface area (Å²) in [5.41, 5.74) is 0.214. The van der Waals surface area contributed by atoms with E-state index in [-0.39, 0.29) is 42.8 Å². The molecule has 5 heterocycles. The lowest BCUT2D eigenvalue weighted by molar-refractivity contribution is -0.0313. The molecular weight excluding hydrogens is 646 g/mol. The fraction of sp³-hybridized carbons (Fsp3) is 0.371. The molecule has 4 N–H and O–H groups in total. The molecule has 2 fully saturated rings. The van der Waals surface area contributed by atoms with E-state index in [1.165, 1.54) is 33.7 Å². The van der Waals surface area contributed by atoms with Gasteiger partial charge < -0.3 is 19.7 Å². The molecule has 4 aromatic rings. The molecule has 3 aromatic heterocycles. The van der Waals surface area contributed by atoms with Crippen molar-refractivity contribution >= 4 is 18.2 Å². The molecule has 2 aliphatic heterocycles. The SMILES string of the molecule is C#C/C=C/c1cn([C@H]2C[C@@H](C)[C@@H](CO)O2)c(=O)[nH]c1=O.C[C@@H]1C[C@H](n2cc(/C=C/c3cn(Cc4ccccc4)nn3)c(=O)[nH]c2=O)O[C@@H]1CO. The highest BCUT2D eigenvalue weighted by molar-refractivity contribution is 5.66. The molecule has 0 spiro atoms. The number of benzene rings is 1. The molecule has 6 atom stereocenters. The predicted octanol–water partition coefficient (Wildman–Crippen LogP) is 1.36. The molecule has 1 aromatic carbocycles.